The van der Waals surface area contributed by atoms with E-state index in [1.54, 1.807) is 18.3 Å². The molecule has 0 atom stereocenters. The Morgan fingerprint density at radius 1 is 1.50 bits per heavy atom. The summed E-state index contributed by atoms with van der Waals surface area (Å²) in [5.41, 5.74) is 0.238. The Kier molecular flexibility index (Phi) is 4.15. The molecule has 2 rings (SSSR count). The molecule has 1 heterocycles. The number of rotatable bonds is 6. The molecule has 18 heavy (non-hydrogen) atoms. The van der Waals surface area contributed by atoms with Crippen LogP contribution in [0.5, 0.6) is 0 Å². The van der Waals surface area contributed by atoms with Gasteiger partial charge in [0, 0.05) is 25.4 Å². The maximum absolute atomic E-state index is 11.2. The van der Waals surface area contributed by atoms with Gasteiger partial charge in [0.1, 0.15) is 11.4 Å². The molecular weight excluding hydrogens is 232 g/mol. The Hall–Kier alpha value is -1.62. The highest BCUT2D eigenvalue weighted by atomic mass is 16.4. The topological polar surface area (TPSA) is 73.7 Å². The number of nitrogens with zero attached hydrogens (tertiary/aromatic N) is 2. The van der Waals surface area contributed by atoms with Crippen LogP contribution in [0.1, 0.15) is 36.0 Å². The highest BCUT2D eigenvalue weighted by Gasteiger charge is 2.28. The zero-order chi connectivity index (χ0) is 13.0. The lowest BCUT2D eigenvalue weighted by Gasteiger charge is -2.39. The number of aliphatic hydroxyl groups is 1. The Bertz CT molecular complexity index is 418. The third-order valence-corrected chi connectivity index (χ3v) is 3.36. The van der Waals surface area contributed by atoms with E-state index < -0.39 is 5.97 Å². The fourth-order valence-electron chi connectivity index (χ4n) is 2.19. The highest BCUT2D eigenvalue weighted by Crippen LogP contribution is 2.30. The predicted molar refractivity (Wildman–Crippen MR) is 67.9 cm³/mol. The second-order valence-electron chi connectivity index (χ2n) is 4.54. The van der Waals surface area contributed by atoms with Crippen molar-refractivity contribution in [1.29, 1.82) is 0 Å². The van der Waals surface area contributed by atoms with Crippen LogP contribution >= 0.6 is 0 Å². The molecule has 0 aliphatic heterocycles. The Labute approximate surface area is 106 Å². The van der Waals surface area contributed by atoms with E-state index in [9.17, 15) is 9.90 Å². The van der Waals surface area contributed by atoms with E-state index in [1.807, 2.05) is 4.90 Å². The predicted octanol–water partition coefficient (Wildman–Crippen LogP) is 1.52. The van der Waals surface area contributed by atoms with E-state index in [4.69, 9.17) is 5.11 Å². The number of carbonyl (C=O) groups is 1. The van der Waals surface area contributed by atoms with Crippen LogP contribution in [-0.4, -0.2) is 40.4 Å². The summed E-state index contributed by atoms with van der Waals surface area (Å²) in [7, 11) is 0. The van der Waals surface area contributed by atoms with Crippen molar-refractivity contribution in [2.24, 2.45) is 0 Å². The van der Waals surface area contributed by atoms with Crippen molar-refractivity contribution in [1.82, 2.24) is 4.98 Å². The molecule has 0 unspecified atom stereocenters. The van der Waals surface area contributed by atoms with Crippen LogP contribution in [0.25, 0.3) is 0 Å². The third-order valence-electron chi connectivity index (χ3n) is 3.36. The number of carboxylic acid groups (broad SMARTS) is 1. The molecule has 1 aliphatic carbocycles. The van der Waals surface area contributed by atoms with Gasteiger partial charge >= 0.3 is 5.97 Å². The monoisotopic (exact) mass is 250 g/mol. The van der Waals surface area contributed by atoms with Crippen LogP contribution in [0, 0.1) is 0 Å². The van der Waals surface area contributed by atoms with E-state index in [2.05, 4.69) is 4.98 Å². The molecule has 1 saturated carbocycles. The molecule has 0 saturated heterocycles. The Morgan fingerprint density at radius 2 is 2.28 bits per heavy atom. The quantitative estimate of drug-likeness (QED) is 0.800. The van der Waals surface area contributed by atoms with Crippen LogP contribution < -0.4 is 4.90 Å². The average Bonchev–Trinajstić information content (AvgIpc) is 2.32. The zero-order valence-corrected chi connectivity index (χ0v) is 10.2. The summed E-state index contributed by atoms with van der Waals surface area (Å²) in [6.45, 7) is 0.761. The van der Waals surface area contributed by atoms with Crippen LogP contribution in [0.15, 0.2) is 18.3 Å². The normalized spacial score (nSPS) is 15.2. The average molecular weight is 250 g/mol. The molecule has 0 bridgehead atoms. The zero-order valence-electron chi connectivity index (χ0n) is 10.2. The van der Waals surface area contributed by atoms with E-state index >= 15 is 0 Å². The molecule has 0 aromatic carbocycles. The fourth-order valence-corrected chi connectivity index (χ4v) is 2.19. The minimum Gasteiger partial charge on any atom is -0.478 e. The molecule has 2 N–H and O–H groups in total. The lowest BCUT2D eigenvalue weighted by Crippen LogP contribution is -2.42. The van der Waals surface area contributed by atoms with Crippen LogP contribution in [0.4, 0.5) is 5.82 Å². The van der Waals surface area contributed by atoms with Crippen LogP contribution in [0.2, 0.25) is 0 Å². The van der Waals surface area contributed by atoms with E-state index in [0.29, 0.717) is 24.8 Å². The van der Waals surface area contributed by atoms with Gasteiger partial charge in [-0.15, -0.1) is 0 Å². The van der Waals surface area contributed by atoms with Gasteiger partial charge in [-0.2, -0.15) is 0 Å². The van der Waals surface area contributed by atoms with Gasteiger partial charge in [0.05, 0.1) is 0 Å². The first-order chi connectivity index (χ1) is 8.74. The molecule has 0 radical (unpaired) electrons. The minimum atomic E-state index is -0.952. The minimum absolute atomic E-state index is 0.110. The van der Waals surface area contributed by atoms with Crippen molar-refractivity contribution >= 4 is 11.8 Å². The van der Waals surface area contributed by atoms with Gasteiger partial charge in [-0.3, -0.25) is 0 Å². The molecule has 1 aliphatic rings. The summed E-state index contributed by atoms with van der Waals surface area (Å²) in [5, 5.41) is 18.1. The van der Waals surface area contributed by atoms with Crippen molar-refractivity contribution in [3.8, 4) is 0 Å². The second-order valence-corrected chi connectivity index (χ2v) is 4.54. The number of carboxylic acids is 1. The van der Waals surface area contributed by atoms with Gasteiger partial charge in [0.2, 0.25) is 0 Å². The first-order valence-corrected chi connectivity index (χ1v) is 6.30. The van der Waals surface area contributed by atoms with Gasteiger partial charge < -0.3 is 15.1 Å². The molecule has 1 aromatic heterocycles. The maximum atomic E-state index is 11.2. The number of aromatic nitrogens is 1. The van der Waals surface area contributed by atoms with Gasteiger partial charge in [-0.05, 0) is 37.8 Å². The standard InChI is InChI=1S/C13H18N2O3/c16-9-3-8-15(10-4-1-5-10)12-11(13(17)18)6-2-7-14-12/h2,6-7,10,16H,1,3-5,8-9H2,(H,17,18). The summed E-state index contributed by atoms with van der Waals surface area (Å²) >= 11 is 0. The molecule has 98 valence electrons. The van der Waals surface area contributed by atoms with Gasteiger partial charge in [0.15, 0.2) is 0 Å². The Balaban J connectivity index is 2.25. The summed E-state index contributed by atoms with van der Waals surface area (Å²) in [6.07, 6.45) is 5.57. The van der Waals surface area contributed by atoms with Crippen molar-refractivity contribution in [3.05, 3.63) is 23.9 Å². The Morgan fingerprint density at radius 3 is 2.83 bits per heavy atom. The van der Waals surface area contributed by atoms with Gasteiger partial charge in [-0.25, -0.2) is 9.78 Å². The fraction of sp³-hybridized carbons (Fsp3) is 0.538. The van der Waals surface area contributed by atoms with Crippen molar-refractivity contribution in [3.63, 3.8) is 0 Å². The number of hydrogen-bond acceptors (Lipinski definition) is 4. The molecule has 5 nitrogen and oxygen atoms in total. The van der Waals surface area contributed by atoms with Gasteiger partial charge in [-0.1, -0.05) is 0 Å². The van der Waals surface area contributed by atoms with E-state index in [1.165, 1.54) is 6.42 Å². The SMILES string of the molecule is O=C(O)c1cccnc1N(CCCO)C1CCC1. The maximum Gasteiger partial charge on any atom is 0.339 e. The lowest BCUT2D eigenvalue weighted by molar-refractivity contribution is 0.0697. The first-order valence-electron chi connectivity index (χ1n) is 6.30. The van der Waals surface area contributed by atoms with Crippen LogP contribution in [-0.2, 0) is 0 Å². The van der Waals surface area contributed by atoms with E-state index in [-0.39, 0.29) is 12.2 Å². The molecular formula is C13H18N2O3. The first kappa shape index (κ1) is 12.8. The summed E-state index contributed by atoms with van der Waals surface area (Å²) in [6, 6.07) is 3.58. The molecule has 0 spiro atoms. The molecule has 1 aromatic rings. The van der Waals surface area contributed by atoms with Gasteiger partial charge in [0.25, 0.3) is 0 Å². The molecule has 1 fully saturated rings. The van der Waals surface area contributed by atoms with E-state index in [0.717, 1.165) is 12.8 Å². The number of aliphatic hydroxyl groups excluding tert-OH is 1. The summed E-state index contributed by atoms with van der Waals surface area (Å²) < 4.78 is 0. The van der Waals surface area contributed by atoms with Crippen LogP contribution in [0.3, 0.4) is 0 Å². The van der Waals surface area contributed by atoms with Crippen molar-refractivity contribution in [2.75, 3.05) is 18.1 Å². The third kappa shape index (κ3) is 2.61. The molecule has 5 heteroatoms. The number of hydrogen-bond donors (Lipinski definition) is 2. The number of pyridine rings is 1. The smallest absolute Gasteiger partial charge is 0.339 e. The molecule has 0 amide bonds. The number of aromatic carboxylic acids is 1. The summed E-state index contributed by atoms with van der Waals surface area (Å²) in [5.74, 6) is -0.422. The largest absolute Gasteiger partial charge is 0.478 e. The highest BCUT2D eigenvalue weighted by molar-refractivity contribution is 5.93. The summed E-state index contributed by atoms with van der Waals surface area (Å²) in [4.78, 5) is 17.5. The van der Waals surface area contributed by atoms with Crippen molar-refractivity contribution in [2.45, 2.75) is 31.7 Å². The lowest BCUT2D eigenvalue weighted by atomic mass is 9.91. The van der Waals surface area contributed by atoms with Crippen molar-refractivity contribution < 1.29 is 15.0 Å². The second kappa shape index (κ2) is 5.82. The number of anilines is 1.